The highest BCUT2D eigenvalue weighted by Gasteiger charge is 2.16. The van der Waals surface area contributed by atoms with E-state index in [1.807, 2.05) is 0 Å². The van der Waals surface area contributed by atoms with Crippen molar-refractivity contribution in [3.63, 3.8) is 0 Å². The second kappa shape index (κ2) is 68.8. The molecule has 1 N–H and O–H groups in total. The summed E-state index contributed by atoms with van der Waals surface area (Å²) >= 11 is 0. The van der Waals surface area contributed by atoms with Gasteiger partial charge in [0.05, 0.1) is 6.61 Å². The van der Waals surface area contributed by atoms with E-state index in [9.17, 15) is 14.7 Å². The van der Waals surface area contributed by atoms with Crippen LogP contribution in [0, 0.1) is 0 Å². The molecule has 0 heterocycles. The van der Waals surface area contributed by atoms with Crippen LogP contribution < -0.4 is 0 Å². The van der Waals surface area contributed by atoms with Gasteiger partial charge in [0.1, 0.15) is 6.61 Å². The van der Waals surface area contributed by atoms with Gasteiger partial charge in [0.2, 0.25) is 0 Å². The molecule has 0 rings (SSSR count). The first kappa shape index (κ1) is 75.6. The molecule has 0 bridgehead atoms. The molecule has 0 fully saturated rings. The van der Waals surface area contributed by atoms with Gasteiger partial charge in [0, 0.05) is 12.8 Å². The molecule has 0 aromatic rings. The van der Waals surface area contributed by atoms with Gasteiger partial charge in [-0.3, -0.25) is 9.59 Å². The van der Waals surface area contributed by atoms with Gasteiger partial charge < -0.3 is 14.6 Å². The van der Waals surface area contributed by atoms with Crippen LogP contribution in [0.15, 0.2) is 109 Å². The number of ether oxygens (including phenoxy) is 2. The normalized spacial score (nSPS) is 12.9. The van der Waals surface area contributed by atoms with Gasteiger partial charge in [-0.05, 0) is 83.5 Å². The lowest BCUT2D eigenvalue weighted by atomic mass is 10.0. The number of carbonyl (C=O) groups excluding carboxylic acids is 2. The van der Waals surface area contributed by atoms with Gasteiger partial charge in [-0.25, -0.2) is 0 Å². The largest absolute Gasteiger partial charge is 0.462 e. The molecule has 0 aliphatic heterocycles. The molecule has 0 saturated heterocycles. The van der Waals surface area contributed by atoms with Crippen LogP contribution in [-0.2, 0) is 19.1 Å². The summed E-state index contributed by atoms with van der Waals surface area (Å²) in [5.41, 5.74) is 0. The number of esters is 2. The number of hydrogen-bond acceptors (Lipinski definition) is 5. The highest BCUT2D eigenvalue weighted by Crippen LogP contribution is 2.18. The third-order valence-electron chi connectivity index (χ3n) is 14.8. The van der Waals surface area contributed by atoms with Gasteiger partial charge in [0.25, 0.3) is 0 Å². The Morgan fingerprint density at radius 2 is 0.544 bits per heavy atom. The minimum Gasteiger partial charge on any atom is -0.462 e. The van der Waals surface area contributed by atoms with Crippen molar-refractivity contribution in [3.8, 4) is 0 Å². The Kier molecular flexibility index (Phi) is 65.8. The second-order valence-electron chi connectivity index (χ2n) is 22.5. The fourth-order valence-corrected chi connectivity index (χ4v) is 9.79. The van der Waals surface area contributed by atoms with Crippen molar-refractivity contribution in [1.82, 2.24) is 0 Å². The van der Waals surface area contributed by atoms with E-state index in [0.29, 0.717) is 12.8 Å². The van der Waals surface area contributed by atoms with Gasteiger partial charge >= 0.3 is 11.9 Å². The molecule has 79 heavy (non-hydrogen) atoms. The number of aliphatic hydroxyl groups is 1. The summed E-state index contributed by atoms with van der Waals surface area (Å²) in [5.74, 6) is -0.623. The first-order valence-electron chi connectivity index (χ1n) is 33.9. The van der Waals surface area contributed by atoms with E-state index >= 15 is 0 Å². The van der Waals surface area contributed by atoms with Crippen molar-refractivity contribution < 1.29 is 24.2 Å². The quantitative estimate of drug-likeness (QED) is 0.0373. The van der Waals surface area contributed by atoms with Crippen LogP contribution in [0.4, 0.5) is 0 Å². The first-order chi connectivity index (χ1) is 39.1. The van der Waals surface area contributed by atoms with Gasteiger partial charge in [-0.15, -0.1) is 0 Å². The molecule has 0 radical (unpaired) electrons. The molecular formula is C74H128O5. The van der Waals surface area contributed by atoms with Crippen LogP contribution in [-0.4, -0.2) is 36.4 Å². The summed E-state index contributed by atoms with van der Waals surface area (Å²) in [6.07, 6.45) is 99.7. The lowest BCUT2D eigenvalue weighted by molar-refractivity contribution is -0.161. The van der Waals surface area contributed by atoms with Crippen molar-refractivity contribution in [2.75, 3.05) is 13.2 Å². The fourth-order valence-electron chi connectivity index (χ4n) is 9.79. The third-order valence-corrected chi connectivity index (χ3v) is 14.8. The highest BCUT2D eigenvalue weighted by molar-refractivity contribution is 5.70. The first-order valence-corrected chi connectivity index (χ1v) is 33.9. The van der Waals surface area contributed by atoms with Crippen LogP contribution in [0.1, 0.15) is 328 Å². The molecule has 0 aliphatic rings. The maximum absolute atomic E-state index is 12.3. The Morgan fingerprint density at radius 3 is 0.823 bits per heavy atom. The minimum absolute atomic E-state index is 0.0827. The molecule has 5 nitrogen and oxygen atoms in total. The van der Waals surface area contributed by atoms with E-state index < -0.39 is 6.10 Å². The number of allylic oxidation sites excluding steroid dienone is 18. The molecule has 454 valence electrons. The van der Waals surface area contributed by atoms with Crippen LogP contribution in [0.2, 0.25) is 0 Å². The highest BCUT2D eigenvalue weighted by atomic mass is 16.6. The van der Waals surface area contributed by atoms with Crippen LogP contribution in [0.3, 0.4) is 0 Å². The van der Waals surface area contributed by atoms with Crippen molar-refractivity contribution in [2.45, 2.75) is 335 Å². The van der Waals surface area contributed by atoms with Crippen LogP contribution in [0.5, 0.6) is 0 Å². The number of hydrogen-bond donors (Lipinski definition) is 1. The van der Waals surface area contributed by atoms with E-state index in [1.165, 1.54) is 199 Å². The summed E-state index contributed by atoms with van der Waals surface area (Å²) in [5, 5.41) is 9.69. The maximum atomic E-state index is 12.3. The molecule has 0 amide bonds. The van der Waals surface area contributed by atoms with E-state index in [-0.39, 0.29) is 25.2 Å². The molecule has 1 atom stereocenters. The molecule has 0 spiro atoms. The molecule has 0 aromatic heterocycles. The minimum atomic E-state index is -0.798. The lowest BCUT2D eigenvalue weighted by Gasteiger charge is -2.15. The average Bonchev–Trinajstić information content (AvgIpc) is 3.45. The standard InChI is InChI=1S/C74H128O5/c1-3-5-7-9-11-13-15-17-19-21-23-25-27-29-31-33-35-36-37-39-40-42-44-46-48-50-52-54-56-58-60-62-64-66-68-73(76)78-71-72(70-75)79-74(77)69-67-65-63-61-59-57-55-53-51-49-47-45-43-41-38-34-32-30-28-26-24-22-20-18-16-14-12-10-8-6-4-2/h6,8,12,14,18,20,24,26,30,32,38,41,45,47,51,53,57,59,72,75H,3-5,7,9-11,13,15-17,19,21-23,25,27-29,31,33-37,39-40,42-44,46,48-50,52,54-56,58,60-71H2,1-2H3/b8-6-,14-12-,20-18-,26-24-,32-30-,41-38-,47-45-,53-51-,59-57-. The zero-order valence-corrected chi connectivity index (χ0v) is 52.1. The Hall–Kier alpha value is -3.44. The van der Waals surface area contributed by atoms with Crippen molar-refractivity contribution >= 4 is 11.9 Å². The SMILES string of the molecule is CC/C=C\C/C=C\C/C=C\C/C=C\C/C=C\C/C=C\C/C=C\C/C=C\C/C=C\CCCCCC(=O)OC(CO)COC(=O)CCCCCCCCCCCCCCCCCCCCCCCCCCCCCCCCCCCC. The maximum Gasteiger partial charge on any atom is 0.306 e. The molecular weight excluding hydrogens is 969 g/mol. The number of rotatable bonds is 62. The Bertz CT molecular complexity index is 1520. The van der Waals surface area contributed by atoms with Crippen molar-refractivity contribution in [3.05, 3.63) is 109 Å². The van der Waals surface area contributed by atoms with Crippen molar-refractivity contribution in [1.29, 1.82) is 0 Å². The zero-order valence-electron chi connectivity index (χ0n) is 52.1. The van der Waals surface area contributed by atoms with E-state index in [1.54, 1.807) is 0 Å². The van der Waals surface area contributed by atoms with Crippen LogP contribution in [0.25, 0.3) is 0 Å². The molecule has 1 unspecified atom stereocenters. The summed E-state index contributed by atoms with van der Waals surface area (Å²) in [4.78, 5) is 24.6. The van der Waals surface area contributed by atoms with Gasteiger partial charge in [-0.1, -0.05) is 342 Å². The summed E-state index contributed by atoms with van der Waals surface area (Å²) in [7, 11) is 0. The summed E-state index contributed by atoms with van der Waals surface area (Å²) in [6.45, 7) is 4.03. The second-order valence-corrected chi connectivity index (χ2v) is 22.5. The topological polar surface area (TPSA) is 72.8 Å². The molecule has 0 aromatic carbocycles. The third kappa shape index (κ3) is 67.0. The Morgan fingerprint density at radius 1 is 0.304 bits per heavy atom. The number of aliphatic hydroxyl groups excluding tert-OH is 1. The Labute approximate surface area is 491 Å². The van der Waals surface area contributed by atoms with Crippen LogP contribution >= 0.6 is 0 Å². The average molecular weight is 1100 g/mol. The van der Waals surface area contributed by atoms with Gasteiger partial charge in [-0.2, -0.15) is 0 Å². The van der Waals surface area contributed by atoms with E-state index in [2.05, 4.69) is 123 Å². The lowest BCUT2D eigenvalue weighted by Crippen LogP contribution is -2.28. The Balaban J connectivity index is 3.52. The van der Waals surface area contributed by atoms with Crippen molar-refractivity contribution in [2.24, 2.45) is 0 Å². The molecule has 5 heteroatoms. The monoisotopic (exact) mass is 1100 g/mol. The molecule has 0 aliphatic carbocycles. The summed E-state index contributed by atoms with van der Waals surface area (Å²) in [6, 6.07) is 0. The predicted molar refractivity (Wildman–Crippen MR) is 348 cm³/mol. The smallest absolute Gasteiger partial charge is 0.306 e. The number of unbranched alkanes of at least 4 members (excludes halogenated alkanes) is 36. The van der Waals surface area contributed by atoms with E-state index in [4.69, 9.17) is 9.47 Å². The molecule has 0 saturated carbocycles. The number of carbonyl (C=O) groups is 2. The summed E-state index contributed by atoms with van der Waals surface area (Å²) < 4.78 is 10.7. The fraction of sp³-hybridized carbons (Fsp3) is 0.730. The zero-order chi connectivity index (χ0) is 56.9. The van der Waals surface area contributed by atoms with E-state index in [0.717, 1.165) is 103 Å². The van der Waals surface area contributed by atoms with Gasteiger partial charge in [0.15, 0.2) is 6.10 Å². The predicted octanol–water partition coefficient (Wildman–Crippen LogP) is 23.6.